The van der Waals surface area contributed by atoms with Gasteiger partial charge in [-0.2, -0.15) is 13.9 Å². The molecule has 4 rings (SSSR count). The van der Waals surface area contributed by atoms with Crippen molar-refractivity contribution >= 4 is 22.4 Å². The number of nitrogens with zero attached hydrogens (tertiary/aromatic N) is 3. The molecule has 28 heavy (non-hydrogen) atoms. The highest BCUT2D eigenvalue weighted by Crippen LogP contribution is 2.30. The van der Waals surface area contributed by atoms with Crippen molar-refractivity contribution in [2.24, 2.45) is 0 Å². The molecule has 0 spiro atoms. The van der Waals surface area contributed by atoms with Gasteiger partial charge in [0, 0.05) is 18.0 Å². The largest absolute Gasteiger partial charge is 0.493 e. The number of ether oxygens (including phenoxy) is 2. The number of methoxy groups -OCH3 is 1. The topological polar surface area (TPSA) is 60.7 Å². The molecule has 4 aromatic rings. The Hall–Kier alpha value is -3.42. The number of halogens is 2. The Morgan fingerprint density at radius 1 is 1.11 bits per heavy atom. The highest BCUT2D eigenvalue weighted by atomic mass is 19.3. The van der Waals surface area contributed by atoms with Gasteiger partial charge in [0.2, 0.25) is 0 Å². The molecule has 0 bridgehead atoms. The number of para-hydroxylation sites is 1. The van der Waals surface area contributed by atoms with E-state index in [2.05, 4.69) is 20.1 Å². The van der Waals surface area contributed by atoms with Crippen LogP contribution in [0.4, 0.5) is 14.6 Å². The second-order valence-electron chi connectivity index (χ2n) is 6.25. The molecule has 144 valence electrons. The van der Waals surface area contributed by atoms with E-state index in [9.17, 15) is 8.78 Å². The molecular formula is C20H18F2N4O2. The summed E-state index contributed by atoms with van der Waals surface area (Å²) < 4.78 is 36.4. The molecule has 0 aliphatic heterocycles. The molecule has 0 unspecified atom stereocenters. The molecule has 2 aromatic carbocycles. The minimum Gasteiger partial charge on any atom is -0.493 e. The highest BCUT2D eigenvalue weighted by Gasteiger charge is 2.13. The maximum Gasteiger partial charge on any atom is 0.387 e. The maximum atomic E-state index is 12.5. The van der Waals surface area contributed by atoms with Crippen LogP contribution < -0.4 is 14.8 Å². The molecule has 0 fully saturated rings. The number of nitrogens with one attached hydrogen (secondary N) is 1. The average Bonchev–Trinajstić information content (AvgIpc) is 3.07. The van der Waals surface area contributed by atoms with E-state index >= 15 is 0 Å². The molecule has 6 nitrogen and oxygen atoms in total. The van der Waals surface area contributed by atoms with Crippen molar-refractivity contribution < 1.29 is 18.3 Å². The number of fused-ring (bicyclic) bond motifs is 3. The SMILES string of the molecule is COc1cc(CNc2nc3cc(C)nn3c3ccccc23)ccc1OC(F)F. The fraction of sp³-hybridized carbons (Fsp3) is 0.200. The summed E-state index contributed by atoms with van der Waals surface area (Å²) in [6, 6.07) is 14.6. The molecule has 2 aromatic heterocycles. The van der Waals surface area contributed by atoms with Crippen LogP contribution in [0.5, 0.6) is 11.5 Å². The Balaban J connectivity index is 1.65. The van der Waals surface area contributed by atoms with E-state index in [0.29, 0.717) is 6.54 Å². The van der Waals surface area contributed by atoms with E-state index in [-0.39, 0.29) is 11.5 Å². The molecule has 0 aliphatic rings. The third kappa shape index (κ3) is 3.40. The van der Waals surface area contributed by atoms with E-state index < -0.39 is 6.61 Å². The fourth-order valence-corrected chi connectivity index (χ4v) is 3.11. The second kappa shape index (κ2) is 7.30. The standard InChI is InChI=1S/C20H18F2N4O2/c1-12-9-18-24-19(14-5-3-4-6-15(14)26(18)25-12)23-11-13-7-8-16(28-20(21)22)17(10-13)27-2/h3-10,20H,11H2,1-2H3,(H,23,24). The molecule has 8 heteroatoms. The third-order valence-corrected chi connectivity index (χ3v) is 4.33. The quantitative estimate of drug-likeness (QED) is 0.533. The monoisotopic (exact) mass is 384 g/mol. The highest BCUT2D eigenvalue weighted by molar-refractivity contribution is 5.91. The van der Waals surface area contributed by atoms with E-state index in [4.69, 9.17) is 4.74 Å². The van der Waals surface area contributed by atoms with Crippen LogP contribution in [0, 0.1) is 6.92 Å². The third-order valence-electron chi connectivity index (χ3n) is 4.33. The number of hydrogen-bond acceptors (Lipinski definition) is 5. The summed E-state index contributed by atoms with van der Waals surface area (Å²) in [6.45, 7) is -0.545. The van der Waals surface area contributed by atoms with Crippen molar-refractivity contribution in [2.75, 3.05) is 12.4 Å². The minimum atomic E-state index is -2.90. The van der Waals surface area contributed by atoms with Gasteiger partial charge in [-0.15, -0.1) is 0 Å². The Morgan fingerprint density at radius 2 is 1.93 bits per heavy atom. The van der Waals surface area contributed by atoms with Crippen molar-refractivity contribution in [3.8, 4) is 11.5 Å². The van der Waals surface area contributed by atoms with Gasteiger partial charge in [0.25, 0.3) is 0 Å². The Kier molecular flexibility index (Phi) is 4.68. The summed E-state index contributed by atoms with van der Waals surface area (Å²) in [7, 11) is 1.41. The van der Waals surface area contributed by atoms with Crippen LogP contribution in [-0.4, -0.2) is 28.3 Å². The molecule has 2 heterocycles. The molecule has 0 atom stereocenters. The number of aryl methyl sites for hydroxylation is 1. The van der Waals surface area contributed by atoms with Crippen molar-refractivity contribution in [1.82, 2.24) is 14.6 Å². The van der Waals surface area contributed by atoms with Crippen molar-refractivity contribution in [3.63, 3.8) is 0 Å². The molecule has 0 amide bonds. The van der Waals surface area contributed by atoms with Gasteiger partial charge in [0.1, 0.15) is 5.82 Å². The number of hydrogen-bond donors (Lipinski definition) is 1. The Bertz CT molecular complexity index is 1140. The van der Waals surface area contributed by atoms with E-state index in [1.807, 2.05) is 41.8 Å². The van der Waals surface area contributed by atoms with Crippen LogP contribution in [0.1, 0.15) is 11.3 Å². The first kappa shape index (κ1) is 18.0. The Morgan fingerprint density at radius 3 is 2.71 bits per heavy atom. The first-order valence-electron chi connectivity index (χ1n) is 8.66. The summed E-state index contributed by atoms with van der Waals surface area (Å²) in [6.07, 6.45) is 0. The number of benzene rings is 2. The van der Waals surface area contributed by atoms with Gasteiger partial charge < -0.3 is 14.8 Å². The predicted molar refractivity (Wildman–Crippen MR) is 102 cm³/mol. The summed E-state index contributed by atoms with van der Waals surface area (Å²) in [5.74, 6) is 0.968. The number of anilines is 1. The lowest BCUT2D eigenvalue weighted by Gasteiger charge is -2.13. The first-order valence-corrected chi connectivity index (χ1v) is 8.66. The van der Waals surface area contributed by atoms with Crippen LogP contribution in [-0.2, 0) is 6.54 Å². The van der Waals surface area contributed by atoms with E-state index in [0.717, 1.165) is 33.6 Å². The van der Waals surface area contributed by atoms with Crippen LogP contribution in [0.15, 0.2) is 48.5 Å². The zero-order chi connectivity index (χ0) is 19.7. The number of aromatic nitrogens is 3. The Labute approximate surface area is 159 Å². The molecule has 1 N–H and O–H groups in total. The molecule has 0 saturated carbocycles. The van der Waals surface area contributed by atoms with Gasteiger partial charge in [0.05, 0.1) is 18.3 Å². The van der Waals surface area contributed by atoms with Crippen LogP contribution in [0.2, 0.25) is 0 Å². The molecular weight excluding hydrogens is 366 g/mol. The van der Waals surface area contributed by atoms with Gasteiger partial charge in [0.15, 0.2) is 17.1 Å². The zero-order valence-corrected chi connectivity index (χ0v) is 15.3. The molecule has 0 saturated heterocycles. The summed E-state index contributed by atoms with van der Waals surface area (Å²) >= 11 is 0. The first-order chi connectivity index (χ1) is 13.5. The normalized spacial score (nSPS) is 11.3. The van der Waals surface area contributed by atoms with Crippen LogP contribution in [0.25, 0.3) is 16.6 Å². The van der Waals surface area contributed by atoms with Crippen LogP contribution in [0.3, 0.4) is 0 Å². The summed E-state index contributed by atoms with van der Waals surface area (Å²) in [5, 5.41) is 8.74. The van der Waals surface area contributed by atoms with Crippen LogP contribution >= 0.6 is 0 Å². The van der Waals surface area contributed by atoms with Crippen molar-refractivity contribution in [1.29, 1.82) is 0 Å². The smallest absolute Gasteiger partial charge is 0.387 e. The van der Waals surface area contributed by atoms with Gasteiger partial charge in [-0.3, -0.25) is 0 Å². The van der Waals surface area contributed by atoms with Gasteiger partial charge in [-0.05, 0) is 36.8 Å². The second-order valence-corrected chi connectivity index (χ2v) is 6.25. The zero-order valence-electron chi connectivity index (χ0n) is 15.3. The lowest BCUT2D eigenvalue weighted by molar-refractivity contribution is -0.0512. The van der Waals surface area contributed by atoms with E-state index in [1.165, 1.54) is 13.2 Å². The maximum absolute atomic E-state index is 12.5. The van der Waals surface area contributed by atoms with Gasteiger partial charge in [-0.1, -0.05) is 18.2 Å². The summed E-state index contributed by atoms with van der Waals surface area (Å²) in [5.41, 5.74) is 3.42. The number of rotatable bonds is 6. The van der Waals surface area contributed by atoms with E-state index in [1.54, 1.807) is 12.1 Å². The van der Waals surface area contributed by atoms with Gasteiger partial charge in [-0.25, -0.2) is 9.50 Å². The molecule has 0 aliphatic carbocycles. The predicted octanol–water partition coefficient (Wildman–Crippen LogP) is 4.41. The molecule has 0 radical (unpaired) electrons. The fourth-order valence-electron chi connectivity index (χ4n) is 3.11. The summed E-state index contributed by atoms with van der Waals surface area (Å²) in [4.78, 5) is 4.67. The van der Waals surface area contributed by atoms with Crippen molar-refractivity contribution in [3.05, 3.63) is 59.8 Å². The lowest BCUT2D eigenvalue weighted by Crippen LogP contribution is -2.06. The van der Waals surface area contributed by atoms with Gasteiger partial charge >= 0.3 is 6.61 Å². The average molecular weight is 384 g/mol. The number of alkyl halides is 2. The lowest BCUT2D eigenvalue weighted by atomic mass is 10.2. The minimum absolute atomic E-state index is 0.000907. The van der Waals surface area contributed by atoms with Crippen molar-refractivity contribution in [2.45, 2.75) is 20.1 Å².